The molecule has 0 atom stereocenters. The second kappa shape index (κ2) is 4.51. The summed E-state index contributed by atoms with van der Waals surface area (Å²) in [6, 6.07) is 11.5. The van der Waals surface area contributed by atoms with Gasteiger partial charge in [-0.05, 0) is 47.0 Å². The molecular formula is C14H10BrN3. The summed E-state index contributed by atoms with van der Waals surface area (Å²) in [5.41, 5.74) is 2.48. The Bertz CT molecular complexity index is 642. The summed E-state index contributed by atoms with van der Waals surface area (Å²) in [5.74, 6) is 1.42. The Balaban J connectivity index is 2.07. The van der Waals surface area contributed by atoms with Gasteiger partial charge in [-0.1, -0.05) is 12.1 Å². The Hall–Kier alpha value is -1.73. The van der Waals surface area contributed by atoms with Crippen molar-refractivity contribution in [2.45, 2.75) is 18.8 Å². The molecule has 2 aromatic rings. The van der Waals surface area contributed by atoms with E-state index in [4.69, 9.17) is 5.26 Å². The molecule has 1 aromatic heterocycles. The summed E-state index contributed by atoms with van der Waals surface area (Å²) in [7, 11) is 0. The molecule has 0 bridgehead atoms. The van der Waals surface area contributed by atoms with Gasteiger partial charge in [0.05, 0.1) is 17.3 Å². The summed E-state index contributed by atoms with van der Waals surface area (Å²) in [4.78, 5) is 9.00. The summed E-state index contributed by atoms with van der Waals surface area (Å²) in [5, 5.41) is 8.92. The monoisotopic (exact) mass is 299 g/mol. The van der Waals surface area contributed by atoms with Crippen molar-refractivity contribution in [3.05, 3.63) is 46.3 Å². The van der Waals surface area contributed by atoms with E-state index >= 15 is 0 Å². The molecule has 1 aromatic carbocycles. The number of hydrogen-bond acceptors (Lipinski definition) is 3. The lowest BCUT2D eigenvalue weighted by Gasteiger charge is -2.05. The van der Waals surface area contributed by atoms with Crippen molar-refractivity contribution < 1.29 is 0 Å². The van der Waals surface area contributed by atoms with E-state index in [0.29, 0.717) is 11.5 Å². The van der Waals surface area contributed by atoms with E-state index in [1.807, 2.05) is 24.3 Å². The Morgan fingerprint density at radius 1 is 1.22 bits per heavy atom. The van der Waals surface area contributed by atoms with Crippen LogP contribution in [0.5, 0.6) is 0 Å². The first-order chi connectivity index (χ1) is 8.76. The van der Waals surface area contributed by atoms with Gasteiger partial charge < -0.3 is 0 Å². The van der Waals surface area contributed by atoms with Crippen LogP contribution in [0, 0.1) is 11.3 Å². The third-order valence-electron chi connectivity index (χ3n) is 2.94. The van der Waals surface area contributed by atoms with Crippen LogP contribution in [0.3, 0.4) is 0 Å². The zero-order valence-electron chi connectivity index (χ0n) is 9.60. The summed E-state index contributed by atoms with van der Waals surface area (Å²) in [6.07, 6.45) is 2.35. The van der Waals surface area contributed by atoms with Crippen LogP contribution < -0.4 is 0 Å². The highest BCUT2D eigenvalue weighted by atomic mass is 79.9. The molecule has 1 saturated carbocycles. The van der Waals surface area contributed by atoms with Gasteiger partial charge in [-0.25, -0.2) is 9.97 Å². The molecule has 3 nitrogen and oxygen atoms in total. The van der Waals surface area contributed by atoms with E-state index < -0.39 is 0 Å². The van der Waals surface area contributed by atoms with E-state index in [2.05, 4.69) is 32.0 Å². The van der Waals surface area contributed by atoms with Gasteiger partial charge >= 0.3 is 0 Å². The van der Waals surface area contributed by atoms with Gasteiger partial charge in [-0.15, -0.1) is 0 Å². The normalized spacial score (nSPS) is 14.2. The first-order valence-corrected chi connectivity index (χ1v) is 6.60. The summed E-state index contributed by atoms with van der Waals surface area (Å²) in [6.45, 7) is 0. The number of rotatable bonds is 2. The van der Waals surface area contributed by atoms with Crippen LogP contribution in [-0.2, 0) is 0 Å². The molecule has 1 heterocycles. The standard InChI is InChI=1S/C14H10BrN3/c15-13-7-12(17-14(18-13)10-4-5-10)11-3-1-2-9(6-11)8-16/h1-3,6-7,10H,4-5H2. The number of benzene rings is 1. The van der Waals surface area contributed by atoms with Crippen molar-refractivity contribution in [2.75, 3.05) is 0 Å². The molecule has 1 fully saturated rings. The quantitative estimate of drug-likeness (QED) is 0.795. The van der Waals surface area contributed by atoms with Gasteiger partial charge in [0.2, 0.25) is 0 Å². The van der Waals surface area contributed by atoms with Gasteiger partial charge in [0.1, 0.15) is 10.4 Å². The molecule has 0 amide bonds. The average molecular weight is 300 g/mol. The van der Waals surface area contributed by atoms with Crippen molar-refractivity contribution in [1.82, 2.24) is 9.97 Å². The molecule has 0 unspecified atom stereocenters. The average Bonchev–Trinajstić information content (AvgIpc) is 3.22. The first-order valence-electron chi connectivity index (χ1n) is 5.81. The highest BCUT2D eigenvalue weighted by Crippen LogP contribution is 2.39. The van der Waals surface area contributed by atoms with Crippen LogP contribution in [0.25, 0.3) is 11.3 Å². The fourth-order valence-electron chi connectivity index (χ4n) is 1.86. The topological polar surface area (TPSA) is 49.6 Å². The predicted molar refractivity (Wildman–Crippen MR) is 71.9 cm³/mol. The molecule has 88 valence electrons. The number of nitrogens with zero attached hydrogens (tertiary/aromatic N) is 3. The van der Waals surface area contributed by atoms with Crippen molar-refractivity contribution in [2.24, 2.45) is 0 Å². The molecule has 18 heavy (non-hydrogen) atoms. The predicted octanol–water partition coefficient (Wildman–Crippen LogP) is 3.66. The number of nitriles is 1. The molecule has 1 aliphatic carbocycles. The first kappa shape index (κ1) is 11.4. The van der Waals surface area contributed by atoms with Gasteiger partial charge in [-0.3, -0.25) is 0 Å². The zero-order chi connectivity index (χ0) is 12.5. The molecule has 0 spiro atoms. The van der Waals surface area contributed by atoms with Crippen LogP contribution >= 0.6 is 15.9 Å². The highest BCUT2D eigenvalue weighted by Gasteiger charge is 2.27. The second-order valence-electron chi connectivity index (χ2n) is 4.40. The van der Waals surface area contributed by atoms with Gasteiger partial charge in [0.15, 0.2) is 0 Å². The van der Waals surface area contributed by atoms with E-state index in [9.17, 15) is 0 Å². The number of aromatic nitrogens is 2. The molecule has 0 aliphatic heterocycles. The van der Waals surface area contributed by atoms with Crippen molar-refractivity contribution >= 4 is 15.9 Å². The molecule has 3 rings (SSSR count). The van der Waals surface area contributed by atoms with Crippen LogP contribution in [0.2, 0.25) is 0 Å². The lowest BCUT2D eigenvalue weighted by Crippen LogP contribution is -1.95. The van der Waals surface area contributed by atoms with E-state index in [1.54, 1.807) is 6.07 Å². The second-order valence-corrected chi connectivity index (χ2v) is 5.21. The lowest BCUT2D eigenvalue weighted by atomic mass is 10.1. The molecule has 0 N–H and O–H groups in total. The Morgan fingerprint density at radius 2 is 2.06 bits per heavy atom. The van der Waals surface area contributed by atoms with Gasteiger partial charge in [-0.2, -0.15) is 5.26 Å². The lowest BCUT2D eigenvalue weighted by molar-refractivity contribution is 0.919. The van der Waals surface area contributed by atoms with Crippen molar-refractivity contribution in [1.29, 1.82) is 5.26 Å². The third-order valence-corrected chi connectivity index (χ3v) is 3.35. The maximum Gasteiger partial charge on any atom is 0.133 e. The van der Waals surface area contributed by atoms with Crippen LogP contribution in [0.4, 0.5) is 0 Å². The van der Waals surface area contributed by atoms with Crippen LogP contribution in [0.1, 0.15) is 30.1 Å². The SMILES string of the molecule is N#Cc1cccc(-c2cc(Br)nc(C3CC3)n2)c1. The third kappa shape index (κ3) is 2.27. The van der Waals surface area contributed by atoms with Gasteiger partial charge in [0.25, 0.3) is 0 Å². The molecular weight excluding hydrogens is 290 g/mol. The van der Waals surface area contributed by atoms with Crippen LogP contribution in [-0.4, -0.2) is 9.97 Å². The van der Waals surface area contributed by atoms with E-state index in [0.717, 1.165) is 21.7 Å². The fourth-order valence-corrected chi connectivity index (χ4v) is 2.25. The smallest absolute Gasteiger partial charge is 0.133 e. The Labute approximate surface area is 114 Å². The fraction of sp³-hybridized carbons (Fsp3) is 0.214. The molecule has 4 heteroatoms. The summed E-state index contributed by atoms with van der Waals surface area (Å²) < 4.78 is 0.803. The minimum Gasteiger partial charge on any atom is -0.233 e. The Morgan fingerprint density at radius 3 is 2.78 bits per heavy atom. The molecule has 0 saturated heterocycles. The summed E-state index contributed by atoms with van der Waals surface area (Å²) >= 11 is 3.43. The maximum absolute atomic E-state index is 8.92. The van der Waals surface area contributed by atoms with Crippen molar-refractivity contribution in [3.63, 3.8) is 0 Å². The van der Waals surface area contributed by atoms with Crippen molar-refractivity contribution in [3.8, 4) is 17.3 Å². The van der Waals surface area contributed by atoms with Crippen LogP contribution in [0.15, 0.2) is 34.9 Å². The van der Waals surface area contributed by atoms with Gasteiger partial charge in [0, 0.05) is 11.5 Å². The highest BCUT2D eigenvalue weighted by molar-refractivity contribution is 9.10. The Kier molecular flexibility index (Phi) is 2.85. The zero-order valence-corrected chi connectivity index (χ0v) is 11.2. The molecule has 1 aliphatic rings. The van der Waals surface area contributed by atoms with E-state index in [-0.39, 0.29) is 0 Å². The largest absolute Gasteiger partial charge is 0.233 e. The van der Waals surface area contributed by atoms with E-state index in [1.165, 1.54) is 12.8 Å². The molecule has 0 radical (unpaired) electrons. The number of hydrogen-bond donors (Lipinski definition) is 0. The number of halogens is 1. The minimum atomic E-state index is 0.514. The maximum atomic E-state index is 8.92. The minimum absolute atomic E-state index is 0.514.